The Labute approximate surface area is 161 Å². The van der Waals surface area contributed by atoms with Gasteiger partial charge in [0.05, 0.1) is 0 Å². The highest BCUT2D eigenvalue weighted by Gasteiger charge is 2.18. The number of allylic oxidation sites excluding steroid dienone is 1. The van der Waals surface area contributed by atoms with Crippen LogP contribution in [0.4, 0.5) is 0 Å². The third-order valence-electron chi connectivity index (χ3n) is 5.23. The van der Waals surface area contributed by atoms with E-state index in [1.165, 1.54) is 36.0 Å². The molecule has 1 N–H and O–H groups in total. The number of esters is 1. The van der Waals surface area contributed by atoms with Crippen LogP contribution in [0.25, 0.3) is 0 Å². The van der Waals surface area contributed by atoms with Crippen LogP contribution in [0.5, 0.6) is 5.75 Å². The average molecular weight is 371 g/mol. The van der Waals surface area contributed by atoms with Crippen LogP contribution in [0.15, 0.2) is 29.8 Å². The summed E-state index contributed by atoms with van der Waals surface area (Å²) in [5.41, 5.74) is 4.06. The number of rotatable bonds is 8. The van der Waals surface area contributed by atoms with Crippen LogP contribution in [0.1, 0.15) is 56.6 Å². The molecular formula is C22H29NO4. The third-order valence-corrected chi connectivity index (χ3v) is 5.23. The van der Waals surface area contributed by atoms with E-state index in [2.05, 4.69) is 17.5 Å². The molecule has 0 saturated carbocycles. The topological polar surface area (TPSA) is 64.6 Å². The van der Waals surface area contributed by atoms with E-state index < -0.39 is 12.1 Å². The van der Waals surface area contributed by atoms with Crippen molar-refractivity contribution in [1.82, 2.24) is 5.32 Å². The van der Waals surface area contributed by atoms with Crippen molar-refractivity contribution in [3.63, 3.8) is 0 Å². The first-order valence-corrected chi connectivity index (χ1v) is 10.0. The molecule has 0 saturated heterocycles. The van der Waals surface area contributed by atoms with Crippen molar-refractivity contribution in [1.29, 1.82) is 0 Å². The quantitative estimate of drug-likeness (QED) is 0.561. The number of carbonyl (C=O) groups is 2. The summed E-state index contributed by atoms with van der Waals surface area (Å²) >= 11 is 0. The van der Waals surface area contributed by atoms with Crippen LogP contribution in [-0.4, -0.2) is 31.1 Å². The van der Waals surface area contributed by atoms with Crippen LogP contribution in [0.3, 0.4) is 0 Å². The van der Waals surface area contributed by atoms with Crippen LogP contribution in [0, 0.1) is 0 Å². The number of carbonyl (C=O) groups excluding carboxylic acids is 2. The second-order valence-electron chi connectivity index (χ2n) is 7.35. The Balaban J connectivity index is 1.35. The molecule has 0 aromatic heterocycles. The van der Waals surface area contributed by atoms with Crippen molar-refractivity contribution in [2.24, 2.45) is 0 Å². The van der Waals surface area contributed by atoms with Gasteiger partial charge in [0.25, 0.3) is 5.91 Å². The number of hydrogen-bond acceptors (Lipinski definition) is 4. The van der Waals surface area contributed by atoms with Gasteiger partial charge < -0.3 is 14.8 Å². The molecule has 5 heteroatoms. The monoisotopic (exact) mass is 371 g/mol. The van der Waals surface area contributed by atoms with Crippen molar-refractivity contribution in [2.75, 3.05) is 13.2 Å². The second kappa shape index (κ2) is 9.58. The SMILES string of the molecule is C[C@H](OC(=O)COc1ccc2c(c1)CCC2)C(=O)NCCC1=CCCCC1. The molecule has 0 spiro atoms. The number of aryl methyl sites for hydroxylation is 2. The highest BCUT2D eigenvalue weighted by molar-refractivity contribution is 5.83. The predicted octanol–water partition coefficient (Wildman–Crippen LogP) is 3.49. The normalized spacial score (nSPS) is 16.9. The summed E-state index contributed by atoms with van der Waals surface area (Å²) < 4.78 is 10.7. The van der Waals surface area contributed by atoms with Gasteiger partial charge in [0, 0.05) is 6.54 Å². The molecule has 1 aromatic rings. The minimum atomic E-state index is -0.818. The molecule has 146 valence electrons. The summed E-state index contributed by atoms with van der Waals surface area (Å²) in [6.45, 7) is 1.98. The molecule has 1 atom stereocenters. The molecule has 0 heterocycles. The van der Waals surface area contributed by atoms with Crippen LogP contribution >= 0.6 is 0 Å². The van der Waals surface area contributed by atoms with Gasteiger partial charge in [-0.15, -0.1) is 0 Å². The maximum atomic E-state index is 12.1. The highest BCUT2D eigenvalue weighted by Crippen LogP contribution is 2.26. The summed E-state index contributed by atoms with van der Waals surface area (Å²) in [4.78, 5) is 24.0. The van der Waals surface area contributed by atoms with E-state index in [4.69, 9.17) is 9.47 Å². The van der Waals surface area contributed by atoms with E-state index >= 15 is 0 Å². The zero-order chi connectivity index (χ0) is 19.1. The predicted molar refractivity (Wildman–Crippen MR) is 104 cm³/mol. The van der Waals surface area contributed by atoms with E-state index in [0.717, 1.165) is 32.1 Å². The Hall–Kier alpha value is -2.30. The number of fused-ring (bicyclic) bond motifs is 1. The molecule has 1 aromatic carbocycles. The first-order chi connectivity index (χ1) is 13.1. The van der Waals surface area contributed by atoms with Crippen LogP contribution in [0.2, 0.25) is 0 Å². The second-order valence-corrected chi connectivity index (χ2v) is 7.35. The Morgan fingerprint density at radius 2 is 1.96 bits per heavy atom. The van der Waals surface area contributed by atoms with Crippen molar-refractivity contribution in [3.8, 4) is 5.75 Å². The average Bonchev–Trinajstić information content (AvgIpc) is 3.15. The summed E-state index contributed by atoms with van der Waals surface area (Å²) in [6.07, 6.45) is 10.4. The van der Waals surface area contributed by atoms with Crippen LogP contribution < -0.4 is 10.1 Å². The smallest absolute Gasteiger partial charge is 0.344 e. The van der Waals surface area contributed by atoms with Crippen molar-refractivity contribution < 1.29 is 19.1 Å². The number of hydrogen-bond donors (Lipinski definition) is 1. The van der Waals surface area contributed by atoms with Crippen LogP contribution in [-0.2, 0) is 27.2 Å². The number of nitrogens with one attached hydrogen (secondary N) is 1. The third kappa shape index (κ3) is 5.84. The largest absolute Gasteiger partial charge is 0.482 e. The Kier molecular flexibility index (Phi) is 6.91. The minimum absolute atomic E-state index is 0.191. The van der Waals surface area contributed by atoms with Gasteiger partial charge in [-0.25, -0.2) is 4.79 Å². The lowest BCUT2D eigenvalue weighted by Crippen LogP contribution is -2.37. The molecule has 0 radical (unpaired) electrons. The Bertz CT molecular complexity index is 710. The van der Waals surface area contributed by atoms with E-state index in [0.29, 0.717) is 12.3 Å². The lowest BCUT2D eigenvalue weighted by atomic mass is 9.97. The minimum Gasteiger partial charge on any atom is -0.482 e. The molecule has 1 amide bonds. The maximum absolute atomic E-state index is 12.1. The van der Waals surface area contributed by atoms with Gasteiger partial charge in [-0.2, -0.15) is 0 Å². The zero-order valence-corrected chi connectivity index (χ0v) is 16.1. The zero-order valence-electron chi connectivity index (χ0n) is 16.1. The number of benzene rings is 1. The molecule has 0 bridgehead atoms. The summed E-state index contributed by atoms with van der Waals surface area (Å²) in [6, 6.07) is 5.93. The molecule has 2 aliphatic rings. The molecule has 27 heavy (non-hydrogen) atoms. The number of ether oxygens (including phenoxy) is 2. The summed E-state index contributed by atoms with van der Waals surface area (Å²) in [7, 11) is 0. The molecular weight excluding hydrogens is 342 g/mol. The van der Waals surface area contributed by atoms with E-state index in [9.17, 15) is 9.59 Å². The first-order valence-electron chi connectivity index (χ1n) is 10.0. The van der Waals surface area contributed by atoms with Crippen molar-refractivity contribution in [2.45, 2.75) is 64.4 Å². The van der Waals surface area contributed by atoms with Gasteiger partial charge in [-0.3, -0.25) is 4.79 Å². The summed E-state index contributed by atoms with van der Waals surface area (Å²) in [5, 5.41) is 2.84. The fourth-order valence-corrected chi connectivity index (χ4v) is 3.69. The van der Waals surface area contributed by atoms with E-state index in [1.54, 1.807) is 6.92 Å². The molecule has 0 fully saturated rings. The van der Waals surface area contributed by atoms with Crippen molar-refractivity contribution >= 4 is 11.9 Å². The molecule has 0 aliphatic heterocycles. The lowest BCUT2D eigenvalue weighted by molar-refractivity contribution is -0.156. The first kappa shape index (κ1) is 19.5. The fourth-order valence-electron chi connectivity index (χ4n) is 3.69. The van der Waals surface area contributed by atoms with Gasteiger partial charge in [-0.1, -0.05) is 17.7 Å². The maximum Gasteiger partial charge on any atom is 0.344 e. The van der Waals surface area contributed by atoms with Gasteiger partial charge in [0.2, 0.25) is 0 Å². The fraction of sp³-hybridized carbons (Fsp3) is 0.545. The number of amides is 1. The Morgan fingerprint density at radius 1 is 1.11 bits per heavy atom. The molecule has 5 nitrogen and oxygen atoms in total. The van der Waals surface area contributed by atoms with Gasteiger partial charge in [-0.05, 0) is 81.5 Å². The molecule has 0 unspecified atom stereocenters. The molecule has 3 rings (SSSR count). The van der Waals surface area contributed by atoms with Gasteiger partial charge in [0.15, 0.2) is 12.7 Å². The van der Waals surface area contributed by atoms with E-state index in [-0.39, 0.29) is 12.5 Å². The Morgan fingerprint density at radius 3 is 2.78 bits per heavy atom. The van der Waals surface area contributed by atoms with E-state index in [1.807, 2.05) is 12.1 Å². The van der Waals surface area contributed by atoms with Gasteiger partial charge >= 0.3 is 5.97 Å². The molecule has 2 aliphatic carbocycles. The lowest BCUT2D eigenvalue weighted by Gasteiger charge is -2.16. The summed E-state index contributed by atoms with van der Waals surface area (Å²) in [5.74, 6) is -0.129. The standard InChI is InChI=1S/C22H29NO4/c1-16(22(25)23-13-12-17-6-3-2-4-7-17)27-21(24)15-26-20-11-10-18-8-5-9-19(18)14-20/h6,10-11,14,16H,2-5,7-9,12-13,15H2,1H3,(H,23,25)/t16-/m0/s1. The highest BCUT2D eigenvalue weighted by atomic mass is 16.6. The van der Waals surface area contributed by atoms with Crippen molar-refractivity contribution in [3.05, 3.63) is 41.0 Å². The van der Waals surface area contributed by atoms with Gasteiger partial charge in [0.1, 0.15) is 5.75 Å².